The highest BCUT2D eigenvalue weighted by molar-refractivity contribution is 7.13. The van der Waals surface area contributed by atoms with Crippen molar-refractivity contribution in [2.75, 3.05) is 25.0 Å². The molecule has 7 heteroatoms. The summed E-state index contributed by atoms with van der Waals surface area (Å²) < 4.78 is 0. The molecular formula is C13H23ClN4OS. The quantitative estimate of drug-likeness (QED) is 0.889. The van der Waals surface area contributed by atoms with E-state index in [1.807, 2.05) is 12.3 Å². The number of nitrogens with zero attached hydrogens (tertiary/aromatic N) is 2. The fourth-order valence-electron chi connectivity index (χ4n) is 2.51. The monoisotopic (exact) mass is 318 g/mol. The van der Waals surface area contributed by atoms with Crippen LogP contribution >= 0.6 is 23.7 Å². The van der Waals surface area contributed by atoms with Gasteiger partial charge in [0.15, 0.2) is 5.13 Å². The first-order chi connectivity index (χ1) is 9.08. The fraction of sp³-hybridized carbons (Fsp3) is 0.692. The van der Waals surface area contributed by atoms with Crippen LogP contribution in [0.5, 0.6) is 0 Å². The fourth-order valence-corrected chi connectivity index (χ4v) is 3.21. The van der Waals surface area contributed by atoms with Crippen LogP contribution in [0.3, 0.4) is 0 Å². The largest absolute Gasteiger partial charge is 0.329 e. The van der Waals surface area contributed by atoms with Gasteiger partial charge < -0.3 is 11.1 Å². The van der Waals surface area contributed by atoms with Crippen molar-refractivity contribution in [3.8, 4) is 0 Å². The number of piperidine rings is 1. The van der Waals surface area contributed by atoms with Crippen LogP contribution in [0.4, 0.5) is 5.13 Å². The molecule has 1 fully saturated rings. The Hall–Kier alpha value is -0.690. The van der Waals surface area contributed by atoms with Crippen molar-refractivity contribution in [2.45, 2.75) is 32.7 Å². The van der Waals surface area contributed by atoms with E-state index in [4.69, 9.17) is 5.73 Å². The normalized spacial score (nSPS) is 23.1. The van der Waals surface area contributed by atoms with E-state index < -0.39 is 0 Å². The molecule has 0 saturated carbocycles. The molecule has 5 nitrogen and oxygen atoms in total. The van der Waals surface area contributed by atoms with E-state index >= 15 is 0 Å². The highest BCUT2D eigenvalue weighted by Crippen LogP contribution is 2.22. The first-order valence-corrected chi connectivity index (χ1v) is 7.62. The topological polar surface area (TPSA) is 71.2 Å². The molecule has 2 atom stereocenters. The second kappa shape index (κ2) is 7.93. The summed E-state index contributed by atoms with van der Waals surface area (Å²) in [6.45, 7) is 6.15. The molecule has 0 bridgehead atoms. The van der Waals surface area contributed by atoms with E-state index in [0.717, 1.165) is 25.1 Å². The Labute approximate surface area is 130 Å². The van der Waals surface area contributed by atoms with Gasteiger partial charge in [0.1, 0.15) is 0 Å². The predicted molar refractivity (Wildman–Crippen MR) is 85.5 cm³/mol. The molecule has 1 aromatic heterocycles. The van der Waals surface area contributed by atoms with Crippen molar-refractivity contribution in [3.05, 3.63) is 11.1 Å². The van der Waals surface area contributed by atoms with Gasteiger partial charge in [0.25, 0.3) is 0 Å². The van der Waals surface area contributed by atoms with Gasteiger partial charge in [-0.05, 0) is 32.2 Å². The van der Waals surface area contributed by atoms with E-state index in [2.05, 4.69) is 22.1 Å². The number of anilines is 1. The van der Waals surface area contributed by atoms with Crippen molar-refractivity contribution in [1.29, 1.82) is 0 Å². The van der Waals surface area contributed by atoms with E-state index in [9.17, 15) is 4.79 Å². The lowest BCUT2D eigenvalue weighted by molar-refractivity contribution is -0.118. The zero-order valence-electron chi connectivity index (χ0n) is 12.0. The Morgan fingerprint density at radius 3 is 3.00 bits per heavy atom. The maximum atomic E-state index is 12.0. The lowest BCUT2D eigenvalue weighted by Crippen LogP contribution is -2.49. The molecule has 20 heavy (non-hydrogen) atoms. The average Bonchev–Trinajstić information content (AvgIpc) is 2.76. The summed E-state index contributed by atoms with van der Waals surface area (Å²) in [5.41, 5.74) is 6.74. The molecule has 0 spiro atoms. The maximum absolute atomic E-state index is 12.0. The number of nitrogens with two attached hydrogens (primary N) is 1. The van der Waals surface area contributed by atoms with Crippen LogP contribution in [-0.4, -0.2) is 41.5 Å². The number of aryl methyl sites for hydroxylation is 1. The first-order valence-electron chi connectivity index (χ1n) is 6.74. The highest BCUT2D eigenvalue weighted by Gasteiger charge is 2.26. The van der Waals surface area contributed by atoms with E-state index in [0.29, 0.717) is 30.2 Å². The van der Waals surface area contributed by atoms with Crippen LogP contribution in [0.15, 0.2) is 5.38 Å². The number of rotatable bonds is 4. The number of aromatic nitrogens is 1. The molecular weight excluding hydrogens is 296 g/mol. The summed E-state index contributed by atoms with van der Waals surface area (Å²) in [5, 5.41) is 5.46. The van der Waals surface area contributed by atoms with Gasteiger partial charge in [-0.15, -0.1) is 23.7 Å². The number of amides is 1. The molecule has 1 amide bonds. The van der Waals surface area contributed by atoms with Crippen LogP contribution < -0.4 is 11.1 Å². The Balaban J connectivity index is 0.00000200. The van der Waals surface area contributed by atoms with Crippen LogP contribution in [0.1, 0.15) is 25.5 Å². The molecule has 1 aliphatic heterocycles. The number of halogens is 1. The summed E-state index contributed by atoms with van der Waals surface area (Å²) in [5.74, 6) is 0.705. The Kier molecular flexibility index (Phi) is 6.88. The number of carbonyl (C=O) groups excluding carboxylic acids is 1. The summed E-state index contributed by atoms with van der Waals surface area (Å²) in [6, 6.07) is 0.326. The van der Waals surface area contributed by atoms with Gasteiger partial charge in [-0.1, -0.05) is 6.92 Å². The standard InChI is InChI=1S/C13H22N4OS.ClH/c1-9-3-4-17(11(5-9)6-14)7-12(18)16-13-15-10(2)8-19-13;/h8-9,11H,3-7,14H2,1-2H3,(H,15,16,18);1H. The Morgan fingerprint density at radius 1 is 1.65 bits per heavy atom. The SMILES string of the molecule is Cc1csc(NC(=O)CN2CCC(C)CC2CN)n1.Cl. The van der Waals surface area contributed by atoms with E-state index in [-0.39, 0.29) is 18.3 Å². The predicted octanol–water partition coefficient (Wildman–Crippen LogP) is 1.87. The van der Waals surface area contributed by atoms with Gasteiger partial charge in [-0.25, -0.2) is 4.98 Å². The van der Waals surface area contributed by atoms with Crippen molar-refractivity contribution in [3.63, 3.8) is 0 Å². The van der Waals surface area contributed by atoms with Gasteiger partial charge >= 0.3 is 0 Å². The van der Waals surface area contributed by atoms with Crippen molar-refractivity contribution < 1.29 is 4.79 Å². The second-order valence-corrected chi connectivity index (χ2v) is 6.19. The molecule has 1 aromatic rings. The molecule has 1 saturated heterocycles. The summed E-state index contributed by atoms with van der Waals surface area (Å²) in [6.07, 6.45) is 2.22. The number of thiazole rings is 1. The van der Waals surface area contributed by atoms with Crippen molar-refractivity contribution in [2.24, 2.45) is 11.7 Å². The Bertz CT molecular complexity index is 440. The van der Waals surface area contributed by atoms with Crippen LogP contribution in [-0.2, 0) is 4.79 Å². The molecule has 0 radical (unpaired) electrons. The lowest BCUT2D eigenvalue weighted by Gasteiger charge is -2.37. The van der Waals surface area contributed by atoms with Gasteiger partial charge in [-0.3, -0.25) is 9.69 Å². The van der Waals surface area contributed by atoms with Crippen LogP contribution in [0.25, 0.3) is 0 Å². The molecule has 3 N–H and O–H groups in total. The number of nitrogens with one attached hydrogen (secondary N) is 1. The third-order valence-corrected chi connectivity index (χ3v) is 4.46. The maximum Gasteiger partial charge on any atom is 0.240 e. The molecule has 1 aliphatic rings. The third-order valence-electron chi connectivity index (χ3n) is 3.58. The van der Waals surface area contributed by atoms with E-state index in [1.54, 1.807) is 0 Å². The van der Waals surface area contributed by atoms with Crippen molar-refractivity contribution >= 4 is 34.8 Å². The minimum atomic E-state index is 0. The minimum absolute atomic E-state index is 0. The first kappa shape index (κ1) is 17.4. The second-order valence-electron chi connectivity index (χ2n) is 5.33. The number of likely N-dealkylation sites (tertiary alicyclic amines) is 1. The third kappa shape index (κ3) is 4.70. The molecule has 2 rings (SSSR count). The van der Waals surface area contributed by atoms with Crippen LogP contribution in [0.2, 0.25) is 0 Å². The minimum Gasteiger partial charge on any atom is -0.329 e. The smallest absolute Gasteiger partial charge is 0.240 e. The number of hydrogen-bond acceptors (Lipinski definition) is 5. The molecule has 2 unspecified atom stereocenters. The molecule has 114 valence electrons. The highest BCUT2D eigenvalue weighted by atomic mass is 35.5. The molecule has 0 aromatic carbocycles. The molecule has 2 heterocycles. The van der Waals surface area contributed by atoms with Gasteiger partial charge in [0, 0.05) is 18.0 Å². The Morgan fingerprint density at radius 2 is 2.40 bits per heavy atom. The average molecular weight is 319 g/mol. The zero-order chi connectivity index (χ0) is 13.8. The summed E-state index contributed by atoms with van der Waals surface area (Å²) in [4.78, 5) is 18.4. The van der Waals surface area contributed by atoms with Crippen LogP contribution in [0, 0.1) is 12.8 Å². The summed E-state index contributed by atoms with van der Waals surface area (Å²) in [7, 11) is 0. The van der Waals surface area contributed by atoms with Crippen molar-refractivity contribution in [1.82, 2.24) is 9.88 Å². The number of carbonyl (C=O) groups is 1. The number of hydrogen-bond donors (Lipinski definition) is 2. The van der Waals surface area contributed by atoms with Gasteiger partial charge in [0.2, 0.25) is 5.91 Å². The van der Waals surface area contributed by atoms with Gasteiger partial charge in [-0.2, -0.15) is 0 Å². The zero-order valence-corrected chi connectivity index (χ0v) is 13.6. The van der Waals surface area contributed by atoms with Gasteiger partial charge in [0.05, 0.1) is 12.2 Å². The summed E-state index contributed by atoms with van der Waals surface area (Å²) >= 11 is 1.46. The van der Waals surface area contributed by atoms with E-state index in [1.165, 1.54) is 11.3 Å². The molecule has 0 aliphatic carbocycles. The lowest BCUT2D eigenvalue weighted by atomic mass is 9.92.